The minimum atomic E-state index is -0.765. The van der Waals surface area contributed by atoms with Gasteiger partial charge in [-0.25, -0.2) is 4.79 Å². The number of amides is 1. The van der Waals surface area contributed by atoms with Gasteiger partial charge in [-0.1, -0.05) is 18.2 Å². The molecule has 110 valence electrons. The van der Waals surface area contributed by atoms with Gasteiger partial charge in [-0.2, -0.15) is 0 Å². The fourth-order valence-corrected chi connectivity index (χ4v) is 2.11. The number of aryl methyl sites for hydroxylation is 1. The van der Waals surface area contributed by atoms with Crippen LogP contribution in [0.4, 0.5) is 0 Å². The van der Waals surface area contributed by atoms with E-state index in [4.69, 9.17) is 0 Å². The summed E-state index contributed by atoms with van der Waals surface area (Å²) >= 11 is 0. The Bertz CT molecular complexity index is 764. The lowest BCUT2D eigenvalue weighted by Gasteiger charge is -2.13. The van der Waals surface area contributed by atoms with Gasteiger partial charge in [0.05, 0.1) is 12.7 Å². The molecule has 6 nitrogen and oxygen atoms in total. The topological polar surface area (TPSA) is 77.4 Å². The Morgan fingerprint density at radius 2 is 1.86 bits per heavy atom. The van der Waals surface area contributed by atoms with Crippen molar-refractivity contribution in [2.75, 3.05) is 7.11 Å². The molecule has 1 heterocycles. The van der Waals surface area contributed by atoms with E-state index in [0.717, 1.165) is 0 Å². The molecular weight excluding hydrogens is 272 g/mol. The molecule has 1 amide bonds. The molecule has 6 heteroatoms. The standard InChI is InChI=1S/C15H16N2O4/c1-9(15(20)21-3)16-13(18)12-8-17(2)14(19)11-7-5-4-6-10(11)12/h4-9H,1-3H3,(H,16,18). The van der Waals surface area contributed by atoms with Crippen LogP contribution in [0.25, 0.3) is 10.8 Å². The van der Waals surface area contributed by atoms with Crippen molar-refractivity contribution >= 4 is 22.6 Å². The van der Waals surface area contributed by atoms with Crippen molar-refractivity contribution in [2.45, 2.75) is 13.0 Å². The third-order valence-corrected chi connectivity index (χ3v) is 3.24. The number of benzene rings is 1. The van der Waals surface area contributed by atoms with Gasteiger partial charge in [-0.15, -0.1) is 0 Å². The van der Waals surface area contributed by atoms with Gasteiger partial charge in [0.1, 0.15) is 6.04 Å². The molecule has 0 bridgehead atoms. The maximum absolute atomic E-state index is 12.3. The molecule has 0 spiro atoms. The van der Waals surface area contributed by atoms with E-state index in [1.54, 1.807) is 31.3 Å². The highest BCUT2D eigenvalue weighted by Crippen LogP contribution is 2.15. The quantitative estimate of drug-likeness (QED) is 0.849. The normalized spacial score (nSPS) is 12.0. The molecule has 0 aliphatic rings. The van der Waals surface area contributed by atoms with E-state index in [1.807, 2.05) is 0 Å². The lowest BCUT2D eigenvalue weighted by molar-refractivity contribution is -0.142. The SMILES string of the molecule is COC(=O)C(C)NC(=O)c1cn(C)c(=O)c2ccccc12. The van der Waals surface area contributed by atoms with Gasteiger partial charge in [-0.05, 0) is 13.0 Å². The molecule has 21 heavy (non-hydrogen) atoms. The second kappa shape index (κ2) is 5.78. The highest BCUT2D eigenvalue weighted by Gasteiger charge is 2.19. The minimum absolute atomic E-state index is 0.178. The average Bonchev–Trinajstić information content (AvgIpc) is 2.49. The molecule has 1 aromatic carbocycles. The first-order chi connectivity index (χ1) is 9.95. The number of ether oxygens (including phenoxy) is 1. The summed E-state index contributed by atoms with van der Waals surface area (Å²) in [6.07, 6.45) is 1.46. The lowest BCUT2D eigenvalue weighted by atomic mass is 10.1. The van der Waals surface area contributed by atoms with Crippen LogP contribution in [-0.4, -0.2) is 29.6 Å². The molecule has 0 saturated carbocycles. The van der Waals surface area contributed by atoms with Gasteiger partial charge in [0.25, 0.3) is 11.5 Å². The van der Waals surface area contributed by atoms with E-state index < -0.39 is 17.9 Å². The van der Waals surface area contributed by atoms with Crippen LogP contribution in [0.3, 0.4) is 0 Å². The number of esters is 1. The highest BCUT2D eigenvalue weighted by atomic mass is 16.5. The van der Waals surface area contributed by atoms with E-state index in [0.29, 0.717) is 16.3 Å². The second-order valence-corrected chi connectivity index (χ2v) is 4.72. The van der Waals surface area contributed by atoms with Crippen LogP contribution in [0.1, 0.15) is 17.3 Å². The summed E-state index contributed by atoms with van der Waals surface area (Å²) in [6, 6.07) is 6.09. The summed E-state index contributed by atoms with van der Waals surface area (Å²) < 4.78 is 5.92. The predicted octanol–water partition coefficient (Wildman–Crippen LogP) is 0.830. The van der Waals surface area contributed by atoms with Gasteiger partial charge in [0, 0.05) is 24.0 Å². The van der Waals surface area contributed by atoms with Gasteiger partial charge in [0.2, 0.25) is 0 Å². The first-order valence-corrected chi connectivity index (χ1v) is 6.42. The molecule has 0 fully saturated rings. The molecule has 1 atom stereocenters. The van der Waals surface area contributed by atoms with Crippen LogP contribution in [0.2, 0.25) is 0 Å². The number of carbonyl (C=O) groups excluding carboxylic acids is 2. The number of nitrogens with zero attached hydrogens (tertiary/aromatic N) is 1. The van der Waals surface area contributed by atoms with Crippen molar-refractivity contribution in [1.29, 1.82) is 0 Å². The Morgan fingerprint density at radius 1 is 1.24 bits per heavy atom. The highest BCUT2D eigenvalue weighted by molar-refractivity contribution is 6.07. The third kappa shape index (κ3) is 2.79. The van der Waals surface area contributed by atoms with Crippen LogP contribution in [0.15, 0.2) is 35.3 Å². The maximum Gasteiger partial charge on any atom is 0.328 e. The Labute approximate surface area is 121 Å². The van der Waals surface area contributed by atoms with Gasteiger partial charge < -0.3 is 14.6 Å². The molecule has 0 saturated heterocycles. The molecule has 1 aromatic heterocycles. The minimum Gasteiger partial charge on any atom is -0.467 e. The molecule has 1 unspecified atom stereocenters. The van der Waals surface area contributed by atoms with Gasteiger partial charge in [-0.3, -0.25) is 9.59 Å². The Morgan fingerprint density at radius 3 is 2.48 bits per heavy atom. The van der Waals surface area contributed by atoms with Crippen molar-refractivity contribution in [3.8, 4) is 0 Å². The van der Waals surface area contributed by atoms with E-state index in [9.17, 15) is 14.4 Å². The Hall–Kier alpha value is -2.63. The lowest BCUT2D eigenvalue weighted by Crippen LogP contribution is -2.39. The van der Waals surface area contributed by atoms with Crippen LogP contribution < -0.4 is 10.9 Å². The maximum atomic E-state index is 12.3. The van der Waals surface area contributed by atoms with Gasteiger partial charge >= 0.3 is 5.97 Å². The summed E-state index contributed by atoms with van der Waals surface area (Å²) in [5.74, 6) is -0.961. The second-order valence-electron chi connectivity index (χ2n) is 4.72. The fourth-order valence-electron chi connectivity index (χ4n) is 2.11. The number of hydrogen-bond acceptors (Lipinski definition) is 4. The smallest absolute Gasteiger partial charge is 0.328 e. The average molecular weight is 288 g/mol. The van der Waals surface area contributed by atoms with Crippen molar-refractivity contribution in [1.82, 2.24) is 9.88 Å². The molecule has 2 rings (SSSR count). The number of fused-ring (bicyclic) bond motifs is 1. The first kappa shape index (κ1) is 14.8. The monoisotopic (exact) mass is 288 g/mol. The zero-order valence-corrected chi connectivity index (χ0v) is 12.0. The summed E-state index contributed by atoms with van der Waals surface area (Å²) in [6.45, 7) is 1.54. The number of aromatic nitrogens is 1. The van der Waals surface area contributed by atoms with Gasteiger partial charge in [0.15, 0.2) is 0 Å². The summed E-state index contributed by atoms with van der Waals surface area (Å²) in [5.41, 5.74) is 0.159. The number of rotatable bonds is 3. The van der Waals surface area contributed by atoms with E-state index in [-0.39, 0.29) is 5.56 Å². The first-order valence-electron chi connectivity index (χ1n) is 6.42. The van der Waals surface area contributed by atoms with Crippen LogP contribution >= 0.6 is 0 Å². The van der Waals surface area contributed by atoms with Crippen molar-refractivity contribution in [2.24, 2.45) is 7.05 Å². The van der Waals surface area contributed by atoms with E-state index in [2.05, 4.69) is 10.1 Å². The van der Waals surface area contributed by atoms with E-state index >= 15 is 0 Å². The van der Waals surface area contributed by atoms with Crippen LogP contribution in [0.5, 0.6) is 0 Å². The van der Waals surface area contributed by atoms with E-state index in [1.165, 1.54) is 24.8 Å². The molecule has 0 aliphatic heterocycles. The van der Waals surface area contributed by atoms with Crippen LogP contribution in [-0.2, 0) is 16.6 Å². The molecule has 0 radical (unpaired) electrons. The van der Waals surface area contributed by atoms with Crippen molar-refractivity contribution in [3.05, 3.63) is 46.4 Å². The number of methoxy groups -OCH3 is 1. The van der Waals surface area contributed by atoms with Crippen LogP contribution in [0, 0.1) is 0 Å². The van der Waals surface area contributed by atoms with Crippen molar-refractivity contribution in [3.63, 3.8) is 0 Å². The number of pyridine rings is 1. The fraction of sp³-hybridized carbons (Fsp3) is 0.267. The zero-order chi connectivity index (χ0) is 15.6. The summed E-state index contributed by atoms with van der Waals surface area (Å²) in [4.78, 5) is 35.7. The predicted molar refractivity (Wildman–Crippen MR) is 78.1 cm³/mol. The molecule has 2 aromatic rings. The summed E-state index contributed by atoms with van der Waals surface area (Å²) in [7, 11) is 2.84. The Kier molecular flexibility index (Phi) is 4.07. The molecular formula is C15H16N2O4. The zero-order valence-electron chi connectivity index (χ0n) is 12.0. The van der Waals surface area contributed by atoms with Crippen molar-refractivity contribution < 1.29 is 14.3 Å². The molecule has 0 aliphatic carbocycles. The largest absolute Gasteiger partial charge is 0.467 e. The Balaban J connectivity index is 2.47. The number of carbonyl (C=O) groups is 2. The third-order valence-electron chi connectivity index (χ3n) is 3.24. The number of hydrogen-bond donors (Lipinski definition) is 1. The molecule has 1 N–H and O–H groups in total. The number of nitrogens with one attached hydrogen (secondary N) is 1. The summed E-state index contributed by atoms with van der Waals surface area (Å²) in [5, 5.41) is 3.56.